The predicted molar refractivity (Wildman–Crippen MR) is 72.5 cm³/mol. The lowest BCUT2D eigenvalue weighted by atomic mass is 9.77. The van der Waals surface area contributed by atoms with Crippen molar-refractivity contribution in [3.8, 4) is 0 Å². The fourth-order valence-corrected chi connectivity index (χ4v) is 2.87. The Labute approximate surface area is 114 Å². The van der Waals surface area contributed by atoms with Gasteiger partial charge in [0.15, 0.2) is 5.82 Å². The van der Waals surface area contributed by atoms with Gasteiger partial charge >= 0.3 is 0 Å². The molecule has 1 aromatic rings. The maximum atomic E-state index is 9.77. The lowest BCUT2D eigenvalue weighted by Gasteiger charge is -2.29. The first-order chi connectivity index (χ1) is 9.11. The van der Waals surface area contributed by atoms with Crippen LogP contribution in [-0.4, -0.2) is 21.8 Å². The van der Waals surface area contributed by atoms with E-state index in [1.54, 1.807) is 0 Å². The molecule has 5 heteroatoms. The van der Waals surface area contributed by atoms with Crippen molar-refractivity contribution >= 4 is 0 Å². The van der Waals surface area contributed by atoms with Crippen LogP contribution in [0.25, 0.3) is 0 Å². The maximum absolute atomic E-state index is 9.77. The average molecular weight is 267 g/mol. The summed E-state index contributed by atoms with van der Waals surface area (Å²) in [5.74, 6) is 3.04. The van der Waals surface area contributed by atoms with E-state index < -0.39 is 6.10 Å². The molecule has 3 N–H and O–H groups in total. The third kappa shape index (κ3) is 3.54. The largest absolute Gasteiger partial charge is 0.383 e. The number of aliphatic hydroxyl groups excluding tert-OH is 1. The summed E-state index contributed by atoms with van der Waals surface area (Å²) in [4.78, 5) is 4.34. The van der Waals surface area contributed by atoms with Crippen LogP contribution in [0.3, 0.4) is 0 Å². The Balaban J connectivity index is 1.93. The number of aromatic nitrogens is 2. The van der Waals surface area contributed by atoms with Crippen LogP contribution < -0.4 is 5.73 Å². The molecule has 1 aromatic heterocycles. The third-order valence-corrected chi connectivity index (χ3v) is 4.26. The molecule has 1 heterocycles. The van der Waals surface area contributed by atoms with Crippen molar-refractivity contribution in [2.45, 2.75) is 58.0 Å². The van der Waals surface area contributed by atoms with E-state index in [4.69, 9.17) is 10.3 Å². The van der Waals surface area contributed by atoms with E-state index in [2.05, 4.69) is 24.0 Å². The van der Waals surface area contributed by atoms with Crippen LogP contribution in [0.4, 0.5) is 0 Å². The van der Waals surface area contributed by atoms with E-state index in [-0.39, 0.29) is 0 Å². The van der Waals surface area contributed by atoms with Crippen molar-refractivity contribution in [1.29, 1.82) is 0 Å². The van der Waals surface area contributed by atoms with E-state index in [0.717, 1.165) is 30.5 Å². The standard InChI is InChI=1S/C14H25N3O2/c1-9(2)10-3-5-11(6-4-10)13-16-14(19-17-13)12(18)7-8-15/h9-12,18H,3-8,15H2,1-2H3/t10?,11?,12-/m0/s1. The highest BCUT2D eigenvalue weighted by Gasteiger charge is 2.28. The lowest BCUT2D eigenvalue weighted by Crippen LogP contribution is -2.18. The highest BCUT2D eigenvalue weighted by molar-refractivity contribution is 4.99. The summed E-state index contributed by atoms with van der Waals surface area (Å²) in [7, 11) is 0. The van der Waals surface area contributed by atoms with Crippen molar-refractivity contribution < 1.29 is 9.63 Å². The van der Waals surface area contributed by atoms with Gasteiger partial charge in [-0.3, -0.25) is 0 Å². The van der Waals surface area contributed by atoms with Crippen LogP contribution in [-0.2, 0) is 0 Å². The molecule has 5 nitrogen and oxygen atoms in total. The van der Waals surface area contributed by atoms with Gasteiger partial charge < -0.3 is 15.4 Å². The zero-order chi connectivity index (χ0) is 13.8. The number of rotatable bonds is 5. The maximum Gasteiger partial charge on any atom is 0.255 e. The molecule has 1 atom stereocenters. The van der Waals surface area contributed by atoms with Crippen molar-refractivity contribution in [1.82, 2.24) is 10.1 Å². The van der Waals surface area contributed by atoms with Crippen LogP contribution >= 0.6 is 0 Å². The van der Waals surface area contributed by atoms with Crippen molar-refractivity contribution in [3.63, 3.8) is 0 Å². The van der Waals surface area contributed by atoms with Crippen LogP contribution in [0.1, 0.15) is 69.7 Å². The second-order valence-electron chi connectivity index (χ2n) is 5.94. The molecule has 0 bridgehead atoms. The Bertz CT molecular complexity index is 384. The molecule has 0 amide bonds. The second kappa shape index (κ2) is 6.48. The van der Waals surface area contributed by atoms with Gasteiger partial charge in [0.05, 0.1) is 0 Å². The molecule has 0 saturated heterocycles. The van der Waals surface area contributed by atoms with Gasteiger partial charge in [0.2, 0.25) is 0 Å². The highest BCUT2D eigenvalue weighted by atomic mass is 16.5. The minimum Gasteiger partial charge on any atom is -0.383 e. The third-order valence-electron chi connectivity index (χ3n) is 4.26. The summed E-state index contributed by atoms with van der Waals surface area (Å²) in [5.41, 5.74) is 5.41. The molecular formula is C14H25N3O2. The summed E-state index contributed by atoms with van der Waals surface area (Å²) in [6.07, 6.45) is 4.44. The van der Waals surface area contributed by atoms with E-state index in [9.17, 15) is 5.11 Å². The van der Waals surface area contributed by atoms with Gasteiger partial charge in [0.1, 0.15) is 6.10 Å². The van der Waals surface area contributed by atoms with E-state index in [0.29, 0.717) is 24.8 Å². The molecule has 1 aliphatic rings. The van der Waals surface area contributed by atoms with Gasteiger partial charge in [-0.2, -0.15) is 4.98 Å². The monoisotopic (exact) mass is 267 g/mol. The van der Waals surface area contributed by atoms with Crippen molar-refractivity contribution in [2.75, 3.05) is 6.54 Å². The Kier molecular flexibility index (Phi) is 4.93. The molecule has 0 aromatic carbocycles. The normalized spacial score (nSPS) is 25.7. The van der Waals surface area contributed by atoms with Gasteiger partial charge in [-0.15, -0.1) is 0 Å². The van der Waals surface area contributed by atoms with E-state index in [1.165, 1.54) is 12.8 Å². The quantitative estimate of drug-likeness (QED) is 0.855. The van der Waals surface area contributed by atoms with Gasteiger partial charge in [-0.05, 0) is 50.5 Å². The van der Waals surface area contributed by atoms with Gasteiger partial charge in [-0.25, -0.2) is 0 Å². The first-order valence-corrected chi connectivity index (χ1v) is 7.33. The zero-order valence-electron chi connectivity index (χ0n) is 11.9. The Hall–Kier alpha value is -0.940. The minimum atomic E-state index is -0.724. The summed E-state index contributed by atoms with van der Waals surface area (Å²) in [6, 6.07) is 0. The molecule has 1 aliphatic carbocycles. The SMILES string of the molecule is CC(C)C1CCC(c2noc([C@@H](O)CCN)n2)CC1. The molecule has 19 heavy (non-hydrogen) atoms. The molecule has 108 valence electrons. The summed E-state index contributed by atoms with van der Waals surface area (Å²) < 4.78 is 5.14. The Morgan fingerprint density at radius 2 is 2.00 bits per heavy atom. The predicted octanol–water partition coefficient (Wildman–Crippen LogP) is 2.38. The van der Waals surface area contributed by atoms with Gasteiger partial charge in [-0.1, -0.05) is 19.0 Å². The molecular weight excluding hydrogens is 242 g/mol. The topological polar surface area (TPSA) is 85.2 Å². The van der Waals surface area contributed by atoms with E-state index >= 15 is 0 Å². The number of nitrogens with zero attached hydrogens (tertiary/aromatic N) is 2. The number of hydrogen-bond acceptors (Lipinski definition) is 5. The smallest absolute Gasteiger partial charge is 0.255 e. The van der Waals surface area contributed by atoms with Crippen LogP contribution in [0.5, 0.6) is 0 Å². The van der Waals surface area contributed by atoms with E-state index in [1.807, 2.05) is 0 Å². The molecule has 1 fully saturated rings. The van der Waals surface area contributed by atoms with Gasteiger partial charge in [0, 0.05) is 5.92 Å². The average Bonchev–Trinajstić information content (AvgIpc) is 2.89. The molecule has 0 aliphatic heterocycles. The number of nitrogens with two attached hydrogens (primary N) is 1. The molecule has 2 rings (SSSR count). The van der Waals surface area contributed by atoms with Crippen molar-refractivity contribution in [3.05, 3.63) is 11.7 Å². The fraction of sp³-hybridized carbons (Fsp3) is 0.857. The van der Waals surface area contributed by atoms with Crippen LogP contribution in [0.2, 0.25) is 0 Å². The minimum absolute atomic E-state index is 0.312. The number of hydrogen-bond donors (Lipinski definition) is 2. The number of aliphatic hydroxyl groups is 1. The van der Waals surface area contributed by atoms with Crippen LogP contribution in [0, 0.1) is 11.8 Å². The van der Waals surface area contributed by atoms with Gasteiger partial charge in [0.25, 0.3) is 5.89 Å². The Morgan fingerprint density at radius 1 is 1.32 bits per heavy atom. The summed E-state index contributed by atoms with van der Waals surface area (Å²) in [6.45, 7) is 5.00. The summed E-state index contributed by atoms with van der Waals surface area (Å²) in [5, 5.41) is 13.8. The second-order valence-corrected chi connectivity index (χ2v) is 5.94. The zero-order valence-corrected chi connectivity index (χ0v) is 11.9. The summed E-state index contributed by atoms with van der Waals surface area (Å²) >= 11 is 0. The lowest BCUT2D eigenvalue weighted by molar-refractivity contribution is 0.127. The van der Waals surface area contributed by atoms with Crippen molar-refractivity contribution in [2.24, 2.45) is 17.6 Å². The molecule has 0 radical (unpaired) electrons. The molecule has 0 unspecified atom stereocenters. The molecule has 1 saturated carbocycles. The Morgan fingerprint density at radius 3 is 2.58 bits per heavy atom. The van der Waals surface area contributed by atoms with Crippen LogP contribution in [0.15, 0.2) is 4.52 Å². The fourth-order valence-electron chi connectivity index (χ4n) is 2.87. The first kappa shape index (κ1) is 14.5. The highest BCUT2D eigenvalue weighted by Crippen LogP contribution is 2.37. The molecule has 0 spiro atoms. The first-order valence-electron chi connectivity index (χ1n) is 7.33.